The molecule has 0 aliphatic carbocycles. The first-order valence-corrected chi connectivity index (χ1v) is 9.10. The van der Waals surface area contributed by atoms with Gasteiger partial charge in [0.1, 0.15) is 5.60 Å². The maximum atomic E-state index is 12.7. The monoisotopic (exact) mass is 354 g/mol. The van der Waals surface area contributed by atoms with Gasteiger partial charge in [-0.25, -0.2) is 4.79 Å². The molecular weight excluding hydrogens is 328 g/mol. The van der Waals surface area contributed by atoms with E-state index < -0.39 is 5.60 Å². The second-order valence-corrected chi connectivity index (χ2v) is 7.76. The van der Waals surface area contributed by atoms with Crippen LogP contribution in [0.15, 0.2) is 42.5 Å². The van der Waals surface area contributed by atoms with Crippen LogP contribution in [0.2, 0.25) is 0 Å². The fourth-order valence-electron chi connectivity index (χ4n) is 3.22. The van der Waals surface area contributed by atoms with Crippen LogP contribution in [0.4, 0.5) is 10.5 Å². The van der Waals surface area contributed by atoms with Crippen molar-refractivity contribution in [3.05, 3.63) is 42.5 Å². The van der Waals surface area contributed by atoms with Gasteiger partial charge in [-0.1, -0.05) is 36.4 Å². The average molecular weight is 354 g/mol. The summed E-state index contributed by atoms with van der Waals surface area (Å²) in [7, 11) is 0. The van der Waals surface area contributed by atoms with E-state index in [0.717, 1.165) is 16.5 Å². The molecule has 5 nitrogen and oxygen atoms in total. The van der Waals surface area contributed by atoms with Gasteiger partial charge in [0.25, 0.3) is 0 Å². The number of nitrogens with one attached hydrogen (secondary N) is 1. The predicted molar refractivity (Wildman–Crippen MR) is 103 cm³/mol. The number of fused-ring (bicyclic) bond motifs is 1. The molecule has 1 aliphatic heterocycles. The number of piperidine rings is 1. The zero-order chi connectivity index (χ0) is 18.7. The molecule has 3 rings (SSSR count). The first-order valence-electron chi connectivity index (χ1n) is 9.10. The minimum absolute atomic E-state index is 0.0187. The van der Waals surface area contributed by atoms with Crippen molar-refractivity contribution < 1.29 is 14.3 Å². The van der Waals surface area contributed by atoms with Crippen LogP contribution in [-0.4, -0.2) is 35.6 Å². The molecule has 5 heteroatoms. The molecule has 2 aromatic rings. The van der Waals surface area contributed by atoms with E-state index >= 15 is 0 Å². The van der Waals surface area contributed by atoms with E-state index in [2.05, 4.69) is 5.32 Å². The van der Waals surface area contributed by atoms with Crippen molar-refractivity contribution in [1.29, 1.82) is 0 Å². The van der Waals surface area contributed by atoms with Crippen LogP contribution in [-0.2, 0) is 9.53 Å². The van der Waals surface area contributed by atoms with Crippen LogP contribution in [0, 0.1) is 5.92 Å². The highest BCUT2D eigenvalue weighted by Gasteiger charge is 2.30. The summed E-state index contributed by atoms with van der Waals surface area (Å²) >= 11 is 0. The van der Waals surface area contributed by atoms with Gasteiger partial charge < -0.3 is 15.0 Å². The van der Waals surface area contributed by atoms with Crippen LogP contribution in [0.3, 0.4) is 0 Å². The number of carbonyl (C=O) groups is 2. The Labute approximate surface area is 154 Å². The molecule has 0 radical (unpaired) electrons. The molecular formula is C21H26N2O3. The number of hydrogen-bond donors (Lipinski definition) is 1. The Bertz CT molecular complexity index is 797. The molecule has 1 aliphatic rings. The number of carbonyl (C=O) groups excluding carboxylic acids is 2. The van der Waals surface area contributed by atoms with Crippen molar-refractivity contribution in [2.45, 2.75) is 39.2 Å². The number of hydrogen-bond acceptors (Lipinski definition) is 3. The molecule has 26 heavy (non-hydrogen) atoms. The van der Waals surface area contributed by atoms with E-state index in [-0.39, 0.29) is 17.9 Å². The topological polar surface area (TPSA) is 58.6 Å². The van der Waals surface area contributed by atoms with Gasteiger partial charge >= 0.3 is 6.09 Å². The number of benzene rings is 2. The van der Waals surface area contributed by atoms with E-state index in [9.17, 15) is 9.59 Å². The number of nitrogens with zero attached hydrogens (tertiary/aromatic N) is 1. The highest BCUT2D eigenvalue weighted by Crippen LogP contribution is 2.26. The Morgan fingerprint density at radius 2 is 1.69 bits per heavy atom. The first kappa shape index (κ1) is 18.2. The SMILES string of the molecule is CC(C)(C)OC(=O)N1CCC(C(=O)Nc2cccc3ccccc23)CC1. The third-order valence-electron chi connectivity index (χ3n) is 4.56. The number of rotatable bonds is 2. The van der Waals surface area contributed by atoms with Gasteiger partial charge in [-0.2, -0.15) is 0 Å². The van der Waals surface area contributed by atoms with Crippen molar-refractivity contribution in [2.75, 3.05) is 18.4 Å². The fourth-order valence-corrected chi connectivity index (χ4v) is 3.22. The second-order valence-electron chi connectivity index (χ2n) is 7.76. The standard InChI is InChI=1S/C21H26N2O3/c1-21(2,3)26-20(25)23-13-11-16(12-14-23)19(24)22-18-10-6-8-15-7-4-5-9-17(15)18/h4-10,16H,11-14H2,1-3H3,(H,22,24). The molecule has 1 saturated heterocycles. The van der Waals surface area contributed by atoms with Crippen LogP contribution < -0.4 is 5.32 Å². The van der Waals surface area contributed by atoms with Crippen molar-refractivity contribution in [3.8, 4) is 0 Å². The Morgan fingerprint density at radius 3 is 2.38 bits per heavy atom. The summed E-state index contributed by atoms with van der Waals surface area (Å²) in [6.45, 7) is 6.66. The number of likely N-dealkylation sites (tertiary alicyclic amines) is 1. The van der Waals surface area contributed by atoms with E-state index in [0.29, 0.717) is 25.9 Å². The number of amides is 2. The van der Waals surface area contributed by atoms with E-state index in [4.69, 9.17) is 4.74 Å². The zero-order valence-electron chi connectivity index (χ0n) is 15.6. The Balaban J connectivity index is 1.59. The molecule has 0 aromatic heterocycles. The lowest BCUT2D eigenvalue weighted by atomic mass is 9.96. The molecule has 2 aromatic carbocycles. The lowest BCUT2D eigenvalue weighted by Gasteiger charge is -2.33. The Kier molecular flexibility index (Phi) is 5.16. The molecule has 1 heterocycles. The fraction of sp³-hybridized carbons (Fsp3) is 0.429. The van der Waals surface area contributed by atoms with Gasteiger partial charge in [0.2, 0.25) is 5.91 Å². The maximum absolute atomic E-state index is 12.7. The van der Waals surface area contributed by atoms with Crippen LogP contribution in [0.5, 0.6) is 0 Å². The average Bonchev–Trinajstić information content (AvgIpc) is 2.61. The number of ether oxygens (including phenoxy) is 1. The molecule has 1 fully saturated rings. The summed E-state index contributed by atoms with van der Waals surface area (Å²) in [5.41, 5.74) is 0.335. The van der Waals surface area contributed by atoms with Gasteiger partial charge in [-0.05, 0) is 45.1 Å². The predicted octanol–water partition coefficient (Wildman–Crippen LogP) is 4.43. The van der Waals surface area contributed by atoms with Crippen molar-refractivity contribution in [2.24, 2.45) is 5.92 Å². The Hall–Kier alpha value is -2.56. The smallest absolute Gasteiger partial charge is 0.410 e. The molecule has 0 atom stereocenters. The lowest BCUT2D eigenvalue weighted by molar-refractivity contribution is -0.121. The van der Waals surface area contributed by atoms with E-state index in [1.165, 1.54) is 0 Å². The summed E-state index contributed by atoms with van der Waals surface area (Å²) in [4.78, 5) is 26.5. The third kappa shape index (κ3) is 4.34. The summed E-state index contributed by atoms with van der Waals surface area (Å²) in [5.74, 6) is -0.0714. The normalized spacial score (nSPS) is 15.7. The molecule has 0 spiro atoms. The molecule has 0 unspecified atom stereocenters. The molecule has 0 saturated carbocycles. The highest BCUT2D eigenvalue weighted by atomic mass is 16.6. The maximum Gasteiger partial charge on any atom is 0.410 e. The Morgan fingerprint density at radius 1 is 1.04 bits per heavy atom. The van der Waals surface area contributed by atoms with E-state index in [1.807, 2.05) is 63.2 Å². The van der Waals surface area contributed by atoms with Crippen molar-refractivity contribution in [3.63, 3.8) is 0 Å². The van der Waals surface area contributed by atoms with Gasteiger partial charge in [-0.3, -0.25) is 4.79 Å². The van der Waals surface area contributed by atoms with Gasteiger partial charge in [-0.15, -0.1) is 0 Å². The van der Waals surface area contributed by atoms with E-state index in [1.54, 1.807) is 4.90 Å². The number of anilines is 1. The largest absolute Gasteiger partial charge is 0.444 e. The van der Waals surface area contributed by atoms with Crippen molar-refractivity contribution >= 4 is 28.5 Å². The van der Waals surface area contributed by atoms with Crippen LogP contribution >= 0.6 is 0 Å². The van der Waals surface area contributed by atoms with Crippen molar-refractivity contribution in [1.82, 2.24) is 4.90 Å². The minimum Gasteiger partial charge on any atom is -0.444 e. The van der Waals surface area contributed by atoms with Gasteiger partial charge in [0.15, 0.2) is 0 Å². The molecule has 2 amide bonds. The quantitative estimate of drug-likeness (QED) is 0.868. The first-order chi connectivity index (χ1) is 12.3. The summed E-state index contributed by atoms with van der Waals surface area (Å²) in [6.07, 6.45) is 0.997. The lowest BCUT2D eigenvalue weighted by Crippen LogP contribution is -2.43. The van der Waals surface area contributed by atoms with Crippen LogP contribution in [0.25, 0.3) is 10.8 Å². The molecule has 0 bridgehead atoms. The van der Waals surface area contributed by atoms with Crippen LogP contribution in [0.1, 0.15) is 33.6 Å². The van der Waals surface area contributed by atoms with Gasteiger partial charge in [0, 0.05) is 30.1 Å². The summed E-state index contributed by atoms with van der Waals surface area (Å²) in [5, 5.41) is 5.20. The van der Waals surface area contributed by atoms with Gasteiger partial charge in [0.05, 0.1) is 0 Å². The summed E-state index contributed by atoms with van der Waals surface area (Å²) < 4.78 is 5.40. The molecule has 1 N–H and O–H groups in total. The second kappa shape index (κ2) is 7.36. The minimum atomic E-state index is -0.500. The highest BCUT2D eigenvalue weighted by molar-refractivity contribution is 6.02. The summed E-state index contributed by atoms with van der Waals surface area (Å²) in [6, 6.07) is 13.9. The molecule has 138 valence electrons. The third-order valence-corrected chi connectivity index (χ3v) is 4.56. The zero-order valence-corrected chi connectivity index (χ0v) is 15.6.